The Morgan fingerprint density at radius 1 is 1.00 bits per heavy atom. The van der Waals surface area contributed by atoms with Crippen molar-refractivity contribution in [1.29, 1.82) is 0 Å². The number of nitrogens with zero attached hydrogens (tertiary/aromatic N) is 3. The second-order valence-corrected chi connectivity index (χ2v) is 8.17. The zero-order valence-corrected chi connectivity index (χ0v) is 20.0. The van der Waals surface area contributed by atoms with Gasteiger partial charge in [0.2, 0.25) is 5.91 Å². The molecule has 2 aromatic carbocycles. The molecule has 0 unspecified atom stereocenters. The van der Waals surface area contributed by atoms with Crippen LogP contribution in [0.5, 0.6) is 5.75 Å². The van der Waals surface area contributed by atoms with E-state index >= 15 is 0 Å². The third-order valence-corrected chi connectivity index (χ3v) is 5.90. The van der Waals surface area contributed by atoms with Crippen LogP contribution < -0.4 is 15.4 Å². The monoisotopic (exact) mass is 483 g/mol. The van der Waals surface area contributed by atoms with E-state index in [-0.39, 0.29) is 17.6 Å². The first kappa shape index (κ1) is 24.8. The summed E-state index contributed by atoms with van der Waals surface area (Å²) in [6, 6.07) is 12.8. The predicted octanol–water partition coefficient (Wildman–Crippen LogP) is 2.83. The highest BCUT2D eigenvalue weighted by Crippen LogP contribution is 2.20. The largest absolute Gasteiger partial charge is 0.497 e. The van der Waals surface area contributed by atoms with Crippen molar-refractivity contribution in [3.05, 3.63) is 65.5 Å². The second-order valence-electron chi connectivity index (χ2n) is 7.23. The molecular weight excluding hydrogens is 458 g/mol. The summed E-state index contributed by atoms with van der Waals surface area (Å²) in [5.41, 5.74) is 1.46. The number of nitrogens with one attached hydrogen (secondary N) is 2. The van der Waals surface area contributed by atoms with Crippen molar-refractivity contribution >= 4 is 35.2 Å². The number of methoxy groups -OCH3 is 2. The molecule has 178 valence electrons. The molecule has 0 bridgehead atoms. The Kier molecular flexibility index (Phi) is 8.25. The molecule has 0 aliphatic carbocycles. The smallest absolute Gasteiger partial charge is 0.337 e. The standard InChI is InChI=1S/C23H25N5O5S/c1-14(24-21(30)15-7-11-18(32-3)12-8-15)20-26-27-23(28(20)2)34-13-19(29)25-17-9-5-16(6-10-17)22(31)33-4/h5-12,14H,13H2,1-4H3,(H,24,30)(H,25,29)/t14-/m0/s1. The normalized spacial score (nSPS) is 11.4. The number of carbonyl (C=O) groups is 3. The van der Waals surface area contributed by atoms with Gasteiger partial charge < -0.3 is 24.7 Å². The number of hydrogen-bond acceptors (Lipinski definition) is 8. The van der Waals surface area contributed by atoms with Crippen LogP contribution in [0.4, 0.5) is 5.69 Å². The zero-order chi connectivity index (χ0) is 24.7. The number of esters is 1. The van der Waals surface area contributed by atoms with Crippen molar-refractivity contribution in [3.8, 4) is 5.75 Å². The van der Waals surface area contributed by atoms with Gasteiger partial charge in [0.25, 0.3) is 5.91 Å². The van der Waals surface area contributed by atoms with Gasteiger partial charge in [-0.25, -0.2) is 4.79 Å². The molecule has 1 atom stereocenters. The number of benzene rings is 2. The average molecular weight is 484 g/mol. The van der Waals surface area contributed by atoms with Gasteiger partial charge >= 0.3 is 5.97 Å². The topological polar surface area (TPSA) is 124 Å². The first-order valence-corrected chi connectivity index (χ1v) is 11.3. The lowest BCUT2D eigenvalue weighted by Gasteiger charge is -2.14. The highest BCUT2D eigenvalue weighted by molar-refractivity contribution is 7.99. The first-order chi connectivity index (χ1) is 16.3. The molecule has 10 nitrogen and oxygen atoms in total. The molecule has 1 heterocycles. The van der Waals surface area contributed by atoms with Crippen LogP contribution in [0.15, 0.2) is 53.7 Å². The van der Waals surface area contributed by atoms with E-state index in [4.69, 9.17) is 4.74 Å². The Bertz CT molecular complexity index is 1160. The summed E-state index contributed by atoms with van der Waals surface area (Å²) in [6.45, 7) is 1.81. The van der Waals surface area contributed by atoms with Crippen molar-refractivity contribution < 1.29 is 23.9 Å². The van der Waals surface area contributed by atoms with Crippen LogP contribution in [0.1, 0.15) is 39.5 Å². The highest BCUT2D eigenvalue weighted by atomic mass is 32.2. The SMILES string of the molecule is COC(=O)c1ccc(NC(=O)CSc2nnc([C@H](C)NC(=O)c3ccc(OC)cc3)n2C)cc1. The summed E-state index contributed by atoms with van der Waals surface area (Å²) in [4.78, 5) is 36.3. The van der Waals surface area contributed by atoms with Crippen LogP contribution in [0.2, 0.25) is 0 Å². The molecule has 0 radical (unpaired) electrons. The Balaban J connectivity index is 1.54. The van der Waals surface area contributed by atoms with E-state index in [0.29, 0.717) is 33.5 Å². The summed E-state index contributed by atoms with van der Waals surface area (Å²) in [7, 11) is 4.65. The van der Waals surface area contributed by atoms with Gasteiger partial charge in [0.05, 0.1) is 31.6 Å². The van der Waals surface area contributed by atoms with Gasteiger partial charge in [0, 0.05) is 18.3 Å². The third-order valence-electron chi connectivity index (χ3n) is 4.88. The maximum atomic E-state index is 12.5. The van der Waals surface area contributed by atoms with Crippen molar-refractivity contribution in [2.75, 3.05) is 25.3 Å². The number of anilines is 1. The summed E-state index contributed by atoms with van der Waals surface area (Å²) in [6.07, 6.45) is 0. The molecule has 3 rings (SSSR count). The summed E-state index contributed by atoms with van der Waals surface area (Å²) in [5.74, 6) is 0.411. The van der Waals surface area contributed by atoms with Gasteiger partial charge in [0.15, 0.2) is 11.0 Å². The molecule has 3 aromatic rings. The summed E-state index contributed by atoms with van der Waals surface area (Å²) >= 11 is 1.22. The molecule has 34 heavy (non-hydrogen) atoms. The Labute approximate surface area is 201 Å². The Hall–Kier alpha value is -3.86. The lowest BCUT2D eigenvalue weighted by atomic mass is 10.2. The lowest BCUT2D eigenvalue weighted by molar-refractivity contribution is -0.113. The molecule has 0 saturated carbocycles. The van der Waals surface area contributed by atoms with Gasteiger partial charge in [-0.2, -0.15) is 0 Å². The molecule has 2 amide bonds. The minimum absolute atomic E-state index is 0.108. The van der Waals surface area contributed by atoms with Gasteiger partial charge in [-0.15, -0.1) is 10.2 Å². The predicted molar refractivity (Wildman–Crippen MR) is 127 cm³/mol. The number of thioether (sulfide) groups is 1. The molecule has 0 fully saturated rings. The minimum atomic E-state index is -0.444. The molecule has 11 heteroatoms. The van der Waals surface area contributed by atoms with Gasteiger partial charge in [-0.3, -0.25) is 9.59 Å². The van der Waals surface area contributed by atoms with Crippen LogP contribution in [0, 0.1) is 0 Å². The fourth-order valence-electron chi connectivity index (χ4n) is 3.05. The molecule has 2 N–H and O–H groups in total. The first-order valence-electron chi connectivity index (χ1n) is 10.3. The number of rotatable bonds is 9. The van der Waals surface area contributed by atoms with Gasteiger partial charge in [-0.05, 0) is 55.5 Å². The quantitative estimate of drug-likeness (QED) is 0.352. The second kappa shape index (κ2) is 11.3. The zero-order valence-electron chi connectivity index (χ0n) is 19.2. The molecule has 1 aromatic heterocycles. The van der Waals surface area contributed by atoms with Crippen LogP contribution >= 0.6 is 11.8 Å². The van der Waals surface area contributed by atoms with Crippen molar-refractivity contribution in [2.45, 2.75) is 18.1 Å². The fourth-order valence-corrected chi connectivity index (χ4v) is 3.77. The summed E-state index contributed by atoms with van der Waals surface area (Å²) in [5, 5.41) is 14.5. The van der Waals surface area contributed by atoms with Crippen LogP contribution in [-0.2, 0) is 16.6 Å². The maximum absolute atomic E-state index is 12.5. The van der Waals surface area contributed by atoms with E-state index in [1.165, 1.54) is 18.9 Å². The van der Waals surface area contributed by atoms with E-state index in [0.717, 1.165) is 0 Å². The van der Waals surface area contributed by atoms with E-state index in [9.17, 15) is 14.4 Å². The van der Waals surface area contributed by atoms with Crippen molar-refractivity contribution in [1.82, 2.24) is 20.1 Å². The van der Waals surface area contributed by atoms with Crippen molar-refractivity contribution in [2.24, 2.45) is 7.05 Å². The van der Waals surface area contributed by atoms with Crippen LogP contribution in [0.3, 0.4) is 0 Å². The number of ether oxygens (including phenoxy) is 2. The van der Waals surface area contributed by atoms with E-state index in [1.54, 1.807) is 67.3 Å². The number of carbonyl (C=O) groups excluding carboxylic acids is 3. The Morgan fingerprint density at radius 2 is 1.65 bits per heavy atom. The van der Waals surface area contributed by atoms with Crippen LogP contribution in [-0.4, -0.2) is 52.5 Å². The molecule has 0 saturated heterocycles. The molecular formula is C23H25N5O5S. The maximum Gasteiger partial charge on any atom is 0.337 e. The average Bonchev–Trinajstić information content (AvgIpc) is 3.23. The highest BCUT2D eigenvalue weighted by Gasteiger charge is 2.19. The molecule has 0 aliphatic heterocycles. The van der Waals surface area contributed by atoms with E-state index in [1.807, 2.05) is 6.92 Å². The van der Waals surface area contributed by atoms with Crippen LogP contribution in [0.25, 0.3) is 0 Å². The van der Waals surface area contributed by atoms with E-state index in [2.05, 4.69) is 25.6 Å². The Morgan fingerprint density at radius 3 is 2.26 bits per heavy atom. The molecule has 0 aliphatic rings. The number of amides is 2. The van der Waals surface area contributed by atoms with E-state index < -0.39 is 12.0 Å². The molecule has 0 spiro atoms. The number of hydrogen-bond donors (Lipinski definition) is 2. The van der Waals surface area contributed by atoms with Gasteiger partial charge in [-0.1, -0.05) is 11.8 Å². The fraction of sp³-hybridized carbons (Fsp3) is 0.261. The number of aromatic nitrogens is 3. The van der Waals surface area contributed by atoms with Gasteiger partial charge in [0.1, 0.15) is 5.75 Å². The lowest BCUT2D eigenvalue weighted by Crippen LogP contribution is -2.28. The summed E-state index contributed by atoms with van der Waals surface area (Å²) < 4.78 is 11.5. The van der Waals surface area contributed by atoms with Crippen molar-refractivity contribution in [3.63, 3.8) is 0 Å². The third kappa shape index (κ3) is 6.13. The minimum Gasteiger partial charge on any atom is -0.497 e.